The van der Waals surface area contributed by atoms with E-state index in [1.807, 2.05) is 50.2 Å². The van der Waals surface area contributed by atoms with E-state index in [1.54, 1.807) is 42.5 Å². The second-order valence-corrected chi connectivity index (χ2v) is 10.7. The van der Waals surface area contributed by atoms with Gasteiger partial charge in [0.2, 0.25) is 5.91 Å². The molecule has 0 aromatic heterocycles. The summed E-state index contributed by atoms with van der Waals surface area (Å²) in [5.74, 6) is 0.0160. The molecule has 3 aromatic rings. The predicted octanol–water partition coefficient (Wildman–Crippen LogP) is 5.40. The molecule has 0 heterocycles. The number of sulfonamides is 1. The number of benzene rings is 3. The van der Waals surface area contributed by atoms with Gasteiger partial charge in [0.15, 0.2) is 0 Å². The molecule has 0 saturated carbocycles. The topological polar surface area (TPSA) is 66.5 Å². The molecule has 0 unspecified atom stereocenters. The maximum Gasteiger partial charge on any atom is 0.264 e. The van der Waals surface area contributed by atoms with Gasteiger partial charge in [-0.2, -0.15) is 0 Å². The zero-order valence-electron chi connectivity index (χ0n) is 19.7. The molecule has 0 fully saturated rings. The molecule has 0 radical (unpaired) electrons. The first-order chi connectivity index (χ1) is 15.7. The van der Waals surface area contributed by atoms with E-state index < -0.39 is 10.0 Å². The molecule has 0 spiro atoms. The normalized spacial score (nSPS) is 12.4. The van der Waals surface area contributed by atoms with Crippen LogP contribution in [0.5, 0.6) is 0 Å². The average Bonchev–Trinajstić information content (AvgIpc) is 2.77. The van der Waals surface area contributed by atoms with Gasteiger partial charge >= 0.3 is 0 Å². The molecular weight excluding hydrogens is 432 g/mol. The number of hydrogen-bond donors (Lipinski definition) is 1. The zero-order chi connectivity index (χ0) is 24.0. The van der Waals surface area contributed by atoms with Crippen LogP contribution < -0.4 is 9.62 Å². The van der Waals surface area contributed by atoms with E-state index in [1.165, 1.54) is 4.31 Å². The Morgan fingerprint density at radius 2 is 1.42 bits per heavy atom. The molecule has 3 aromatic carbocycles. The predicted molar refractivity (Wildman–Crippen MR) is 134 cm³/mol. The molecule has 5 nitrogen and oxygen atoms in total. The summed E-state index contributed by atoms with van der Waals surface area (Å²) in [7, 11) is -3.93. The van der Waals surface area contributed by atoms with Crippen LogP contribution in [-0.4, -0.2) is 20.9 Å². The molecule has 33 heavy (non-hydrogen) atoms. The highest BCUT2D eigenvalue weighted by atomic mass is 32.2. The maximum absolute atomic E-state index is 13.6. The van der Waals surface area contributed by atoms with Gasteiger partial charge in [0.05, 0.1) is 16.6 Å². The number of carbonyl (C=O) groups excluding carboxylic acids is 1. The summed E-state index contributed by atoms with van der Waals surface area (Å²) < 4.78 is 28.3. The Balaban J connectivity index is 1.95. The van der Waals surface area contributed by atoms with Crippen molar-refractivity contribution >= 4 is 21.6 Å². The second kappa shape index (κ2) is 10.7. The molecule has 1 amide bonds. The fraction of sp³-hybridized carbons (Fsp3) is 0.296. The quantitative estimate of drug-likeness (QED) is 0.461. The lowest BCUT2D eigenvalue weighted by Crippen LogP contribution is -2.42. The SMILES string of the molecule is Cc1cc(C)cc(N(CC(=O)N[C@H](CC(C)C)c2ccccc2)S(=O)(=O)c2ccccc2)c1. The van der Waals surface area contributed by atoms with E-state index in [4.69, 9.17) is 0 Å². The Morgan fingerprint density at radius 3 is 1.97 bits per heavy atom. The van der Waals surface area contributed by atoms with Gasteiger partial charge in [-0.3, -0.25) is 9.10 Å². The first-order valence-electron chi connectivity index (χ1n) is 11.2. The van der Waals surface area contributed by atoms with Crippen molar-refractivity contribution in [3.8, 4) is 0 Å². The monoisotopic (exact) mass is 464 g/mol. The van der Waals surface area contributed by atoms with Crippen LogP contribution >= 0.6 is 0 Å². The lowest BCUT2D eigenvalue weighted by molar-refractivity contribution is -0.120. The highest BCUT2D eigenvalue weighted by molar-refractivity contribution is 7.92. The van der Waals surface area contributed by atoms with Gasteiger partial charge in [-0.15, -0.1) is 0 Å². The maximum atomic E-state index is 13.6. The van der Waals surface area contributed by atoms with Crippen molar-refractivity contribution in [3.63, 3.8) is 0 Å². The first-order valence-corrected chi connectivity index (χ1v) is 12.6. The lowest BCUT2D eigenvalue weighted by Gasteiger charge is -2.27. The molecule has 0 bridgehead atoms. The third kappa shape index (κ3) is 6.45. The Morgan fingerprint density at radius 1 is 0.879 bits per heavy atom. The van der Waals surface area contributed by atoms with Crippen LogP contribution in [0, 0.1) is 19.8 Å². The van der Waals surface area contributed by atoms with Gasteiger partial charge in [-0.05, 0) is 67.1 Å². The van der Waals surface area contributed by atoms with Crippen molar-refractivity contribution in [2.24, 2.45) is 5.92 Å². The van der Waals surface area contributed by atoms with Crippen molar-refractivity contribution in [1.29, 1.82) is 0 Å². The fourth-order valence-corrected chi connectivity index (χ4v) is 5.36. The fourth-order valence-electron chi connectivity index (χ4n) is 3.93. The number of nitrogens with one attached hydrogen (secondary N) is 1. The summed E-state index contributed by atoms with van der Waals surface area (Å²) in [4.78, 5) is 13.4. The van der Waals surface area contributed by atoms with Crippen molar-refractivity contribution < 1.29 is 13.2 Å². The van der Waals surface area contributed by atoms with Gasteiger partial charge in [-0.1, -0.05) is 68.4 Å². The standard InChI is InChI=1S/C27H32N2O3S/c1-20(2)15-26(23-11-7-5-8-12-23)28-27(30)19-29(24-17-21(3)16-22(4)18-24)33(31,32)25-13-9-6-10-14-25/h5-14,16-18,20,26H,15,19H2,1-4H3,(H,28,30)/t26-/m1/s1. The van der Waals surface area contributed by atoms with Crippen molar-refractivity contribution in [2.45, 2.75) is 45.1 Å². The van der Waals surface area contributed by atoms with Gasteiger partial charge in [0.1, 0.15) is 6.54 Å². The number of carbonyl (C=O) groups is 1. The Bertz CT molecular complexity index is 1160. The lowest BCUT2D eigenvalue weighted by atomic mass is 9.97. The minimum absolute atomic E-state index is 0.152. The van der Waals surface area contributed by atoms with Crippen LogP contribution in [0.1, 0.15) is 43.0 Å². The molecule has 1 N–H and O–H groups in total. The van der Waals surface area contributed by atoms with E-state index in [0.717, 1.165) is 23.1 Å². The summed E-state index contributed by atoms with van der Waals surface area (Å²) in [5, 5.41) is 3.07. The van der Waals surface area contributed by atoms with Gasteiger partial charge in [0, 0.05) is 0 Å². The molecular formula is C27H32N2O3S. The Hall–Kier alpha value is -3.12. The molecule has 0 saturated heterocycles. The number of nitrogens with zero attached hydrogens (tertiary/aromatic N) is 1. The van der Waals surface area contributed by atoms with Crippen LogP contribution in [0.4, 0.5) is 5.69 Å². The molecule has 3 rings (SSSR count). The number of hydrogen-bond acceptors (Lipinski definition) is 3. The highest BCUT2D eigenvalue weighted by Crippen LogP contribution is 2.26. The summed E-state index contributed by atoms with van der Waals surface area (Å²) >= 11 is 0. The molecule has 0 aliphatic carbocycles. The highest BCUT2D eigenvalue weighted by Gasteiger charge is 2.28. The van der Waals surface area contributed by atoms with Crippen molar-refractivity contribution in [1.82, 2.24) is 5.32 Å². The summed E-state index contributed by atoms with van der Waals surface area (Å²) in [6.07, 6.45) is 0.755. The summed E-state index contributed by atoms with van der Waals surface area (Å²) in [6, 6.07) is 23.4. The summed E-state index contributed by atoms with van der Waals surface area (Å²) in [5.41, 5.74) is 3.34. The third-order valence-corrected chi connectivity index (χ3v) is 7.15. The van der Waals surface area contributed by atoms with Crippen LogP contribution in [0.2, 0.25) is 0 Å². The van der Waals surface area contributed by atoms with Gasteiger partial charge < -0.3 is 5.32 Å². The molecule has 6 heteroatoms. The molecule has 1 atom stereocenters. The van der Waals surface area contributed by atoms with Crippen LogP contribution in [0.3, 0.4) is 0 Å². The van der Waals surface area contributed by atoms with Crippen LogP contribution in [0.25, 0.3) is 0 Å². The molecule has 174 valence electrons. The first kappa shape index (κ1) is 24.5. The average molecular weight is 465 g/mol. The summed E-state index contributed by atoms with van der Waals surface area (Å²) in [6.45, 7) is 7.73. The minimum atomic E-state index is -3.93. The largest absolute Gasteiger partial charge is 0.348 e. The second-order valence-electron chi connectivity index (χ2n) is 8.83. The van der Waals surface area contributed by atoms with E-state index >= 15 is 0 Å². The Kier molecular flexibility index (Phi) is 7.92. The van der Waals surface area contributed by atoms with E-state index in [9.17, 15) is 13.2 Å². The van der Waals surface area contributed by atoms with Crippen LogP contribution in [-0.2, 0) is 14.8 Å². The van der Waals surface area contributed by atoms with Crippen molar-refractivity contribution in [3.05, 3.63) is 95.6 Å². The minimum Gasteiger partial charge on any atom is -0.348 e. The zero-order valence-corrected chi connectivity index (χ0v) is 20.5. The van der Waals surface area contributed by atoms with Gasteiger partial charge in [0.25, 0.3) is 10.0 Å². The molecule has 0 aliphatic rings. The molecule has 0 aliphatic heterocycles. The van der Waals surface area contributed by atoms with E-state index in [2.05, 4.69) is 19.2 Å². The number of anilines is 1. The Labute approximate surface area is 197 Å². The van der Waals surface area contributed by atoms with Gasteiger partial charge in [-0.25, -0.2) is 8.42 Å². The van der Waals surface area contributed by atoms with E-state index in [-0.39, 0.29) is 23.4 Å². The third-order valence-electron chi connectivity index (χ3n) is 5.36. The van der Waals surface area contributed by atoms with Crippen LogP contribution in [0.15, 0.2) is 83.8 Å². The smallest absolute Gasteiger partial charge is 0.264 e. The van der Waals surface area contributed by atoms with Crippen molar-refractivity contribution in [2.75, 3.05) is 10.8 Å². The van der Waals surface area contributed by atoms with E-state index in [0.29, 0.717) is 11.6 Å². The number of rotatable bonds is 9. The number of aryl methyl sites for hydroxylation is 2. The number of amides is 1.